The first kappa shape index (κ1) is 16.6. The molecule has 1 unspecified atom stereocenters. The predicted octanol–water partition coefficient (Wildman–Crippen LogP) is 4.32. The highest BCUT2D eigenvalue weighted by atomic mass is 16.3. The molecule has 1 aliphatic heterocycles. The highest BCUT2D eigenvalue weighted by Gasteiger charge is 2.23. The van der Waals surface area contributed by atoms with Crippen LogP contribution in [0.2, 0.25) is 0 Å². The summed E-state index contributed by atoms with van der Waals surface area (Å²) in [7, 11) is 0. The van der Waals surface area contributed by atoms with Crippen molar-refractivity contribution in [3.63, 3.8) is 0 Å². The molecular weight excluding hydrogens is 260 g/mol. The summed E-state index contributed by atoms with van der Waals surface area (Å²) in [6.45, 7) is 12.0. The lowest BCUT2D eigenvalue weighted by Crippen LogP contribution is -2.39. The van der Waals surface area contributed by atoms with Gasteiger partial charge in [0.05, 0.1) is 12.8 Å². The molecule has 2 heterocycles. The summed E-state index contributed by atoms with van der Waals surface area (Å²) >= 11 is 0. The van der Waals surface area contributed by atoms with Crippen molar-refractivity contribution in [3.05, 3.63) is 23.7 Å². The first-order chi connectivity index (χ1) is 9.99. The van der Waals surface area contributed by atoms with E-state index < -0.39 is 0 Å². The molecule has 1 saturated heterocycles. The SMILES string of the molecule is CCCC1CCCCN1Cc1occc1CNC(C)(C)C. The van der Waals surface area contributed by atoms with Gasteiger partial charge in [-0.15, -0.1) is 0 Å². The maximum Gasteiger partial charge on any atom is 0.122 e. The zero-order valence-electron chi connectivity index (χ0n) is 14.2. The van der Waals surface area contributed by atoms with Gasteiger partial charge in [0.1, 0.15) is 5.76 Å². The van der Waals surface area contributed by atoms with Crippen molar-refractivity contribution in [1.29, 1.82) is 0 Å². The average Bonchev–Trinajstić information content (AvgIpc) is 2.86. The Kier molecular flexibility index (Phi) is 5.88. The topological polar surface area (TPSA) is 28.4 Å². The van der Waals surface area contributed by atoms with Gasteiger partial charge in [-0.1, -0.05) is 19.8 Å². The molecule has 1 aliphatic rings. The molecule has 1 atom stereocenters. The average molecular weight is 292 g/mol. The lowest BCUT2D eigenvalue weighted by atomic mass is 9.98. The minimum atomic E-state index is 0.143. The first-order valence-corrected chi connectivity index (χ1v) is 8.54. The van der Waals surface area contributed by atoms with E-state index in [0.717, 1.165) is 24.9 Å². The zero-order valence-corrected chi connectivity index (χ0v) is 14.2. The van der Waals surface area contributed by atoms with Crippen molar-refractivity contribution in [2.24, 2.45) is 0 Å². The Morgan fingerprint density at radius 3 is 2.86 bits per heavy atom. The van der Waals surface area contributed by atoms with Crippen LogP contribution in [0.4, 0.5) is 0 Å². The molecular formula is C18H32N2O. The third kappa shape index (κ3) is 5.15. The highest BCUT2D eigenvalue weighted by Crippen LogP contribution is 2.24. The van der Waals surface area contributed by atoms with Gasteiger partial charge in [-0.25, -0.2) is 0 Å². The van der Waals surface area contributed by atoms with Crippen LogP contribution < -0.4 is 5.32 Å². The molecule has 3 heteroatoms. The van der Waals surface area contributed by atoms with Crippen LogP contribution in [0.5, 0.6) is 0 Å². The van der Waals surface area contributed by atoms with Crippen molar-refractivity contribution >= 4 is 0 Å². The number of rotatable bonds is 6. The Morgan fingerprint density at radius 1 is 1.33 bits per heavy atom. The van der Waals surface area contributed by atoms with Crippen molar-refractivity contribution in [1.82, 2.24) is 10.2 Å². The van der Waals surface area contributed by atoms with Crippen molar-refractivity contribution in [2.45, 2.75) is 84.5 Å². The van der Waals surface area contributed by atoms with Gasteiger partial charge in [0.25, 0.3) is 0 Å². The smallest absolute Gasteiger partial charge is 0.122 e. The molecule has 1 aromatic heterocycles. The molecule has 0 aliphatic carbocycles. The van der Waals surface area contributed by atoms with E-state index in [2.05, 4.69) is 44.0 Å². The maximum atomic E-state index is 5.78. The monoisotopic (exact) mass is 292 g/mol. The van der Waals surface area contributed by atoms with Gasteiger partial charge in [0, 0.05) is 23.7 Å². The van der Waals surface area contributed by atoms with E-state index in [4.69, 9.17) is 4.42 Å². The highest BCUT2D eigenvalue weighted by molar-refractivity contribution is 5.17. The number of hydrogen-bond acceptors (Lipinski definition) is 3. The molecule has 0 spiro atoms. The van der Waals surface area contributed by atoms with E-state index in [-0.39, 0.29) is 5.54 Å². The van der Waals surface area contributed by atoms with Gasteiger partial charge in [-0.05, 0) is 52.6 Å². The summed E-state index contributed by atoms with van der Waals surface area (Å²) in [6, 6.07) is 2.87. The van der Waals surface area contributed by atoms with Crippen LogP contribution in [-0.2, 0) is 13.1 Å². The second-order valence-electron chi connectivity index (χ2n) is 7.38. The Morgan fingerprint density at radius 2 is 2.14 bits per heavy atom. The van der Waals surface area contributed by atoms with Crippen molar-refractivity contribution in [3.8, 4) is 0 Å². The molecule has 3 nitrogen and oxygen atoms in total. The molecule has 2 rings (SSSR count). The third-order valence-corrected chi connectivity index (χ3v) is 4.36. The van der Waals surface area contributed by atoms with E-state index in [1.54, 1.807) is 0 Å². The Labute approximate surface area is 130 Å². The maximum absolute atomic E-state index is 5.78. The largest absolute Gasteiger partial charge is 0.468 e. The van der Waals surface area contributed by atoms with Crippen LogP contribution >= 0.6 is 0 Å². The Balaban J connectivity index is 1.97. The van der Waals surface area contributed by atoms with Crippen LogP contribution in [0.25, 0.3) is 0 Å². The number of furan rings is 1. The van der Waals surface area contributed by atoms with E-state index in [1.807, 2.05) is 6.26 Å². The minimum Gasteiger partial charge on any atom is -0.468 e. The van der Waals surface area contributed by atoms with E-state index in [1.165, 1.54) is 44.2 Å². The Bertz CT molecular complexity index is 417. The number of nitrogens with zero attached hydrogens (tertiary/aromatic N) is 1. The first-order valence-electron chi connectivity index (χ1n) is 8.54. The van der Waals surface area contributed by atoms with Gasteiger partial charge in [-0.3, -0.25) is 4.90 Å². The van der Waals surface area contributed by atoms with Gasteiger partial charge in [0.2, 0.25) is 0 Å². The molecule has 0 saturated carbocycles. The van der Waals surface area contributed by atoms with Crippen LogP contribution in [-0.4, -0.2) is 23.0 Å². The van der Waals surface area contributed by atoms with Crippen molar-refractivity contribution < 1.29 is 4.42 Å². The second kappa shape index (κ2) is 7.46. The molecule has 1 N–H and O–H groups in total. The number of nitrogens with one attached hydrogen (secondary N) is 1. The summed E-state index contributed by atoms with van der Waals surface area (Å²) in [5.74, 6) is 1.15. The fourth-order valence-corrected chi connectivity index (χ4v) is 3.14. The van der Waals surface area contributed by atoms with Crippen LogP contribution in [0.15, 0.2) is 16.7 Å². The summed E-state index contributed by atoms with van der Waals surface area (Å²) in [4.78, 5) is 2.63. The van der Waals surface area contributed by atoms with Crippen LogP contribution in [0.1, 0.15) is 71.1 Å². The standard InChI is InChI=1S/C18H32N2O/c1-5-8-16-9-6-7-11-20(16)14-17-15(10-12-21-17)13-19-18(2,3)4/h10,12,16,19H,5-9,11,13-14H2,1-4H3. The lowest BCUT2D eigenvalue weighted by Gasteiger charge is -2.35. The zero-order chi connectivity index (χ0) is 15.3. The molecule has 1 fully saturated rings. The minimum absolute atomic E-state index is 0.143. The third-order valence-electron chi connectivity index (χ3n) is 4.36. The van der Waals surface area contributed by atoms with E-state index in [9.17, 15) is 0 Å². The summed E-state index contributed by atoms with van der Waals surface area (Å²) in [5.41, 5.74) is 1.45. The van der Waals surface area contributed by atoms with E-state index >= 15 is 0 Å². The molecule has 0 bridgehead atoms. The van der Waals surface area contributed by atoms with Gasteiger partial charge in [-0.2, -0.15) is 0 Å². The Hall–Kier alpha value is -0.800. The van der Waals surface area contributed by atoms with Crippen LogP contribution in [0, 0.1) is 0 Å². The molecule has 0 radical (unpaired) electrons. The predicted molar refractivity (Wildman–Crippen MR) is 88.3 cm³/mol. The number of piperidine rings is 1. The van der Waals surface area contributed by atoms with Crippen molar-refractivity contribution in [2.75, 3.05) is 6.54 Å². The summed E-state index contributed by atoms with van der Waals surface area (Å²) < 4.78 is 5.78. The fourth-order valence-electron chi connectivity index (χ4n) is 3.14. The number of likely N-dealkylation sites (tertiary alicyclic amines) is 1. The fraction of sp³-hybridized carbons (Fsp3) is 0.778. The molecule has 120 valence electrons. The van der Waals surface area contributed by atoms with E-state index in [0.29, 0.717) is 0 Å². The summed E-state index contributed by atoms with van der Waals surface area (Å²) in [5, 5.41) is 3.56. The van der Waals surface area contributed by atoms with Gasteiger partial charge < -0.3 is 9.73 Å². The van der Waals surface area contributed by atoms with Gasteiger partial charge in [0.15, 0.2) is 0 Å². The number of hydrogen-bond donors (Lipinski definition) is 1. The van der Waals surface area contributed by atoms with Gasteiger partial charge >= 0.3 is 0 Å². The molecule has 1 aromatic rings. The molecule has 0 amide bonds. The molecule has 0 aromatic carbocycles. The quantitative estimate of drug-likeness (QED) is 0.846. The second-order valence-corrected chi connectivity index (χ2v) is 7.38. The van der Waals surface area contributed by atoms with Crippen LogP contribution in [0.3, 0.4) is 0 Å². The normalized spacial score (nSPS) is 20.9. The molecule has 21 heavy (non-hydrogen) atoms. The lowest BCUT2D eigenvalue weighted by molar-refractivity contribution is 0.121. The summed E-state index contributed by atoms with van der Waals surface area (Å²) in [6.07, 6.45) is 8.50.